The van der Waals surface area contributed by atoms with Crippen molar-refractivity contribution in [3.05, 3.63) is 46.7 Å². The van der Waals surface area contributed by atoms with Gasteiger partial charge in [-0.1, -0.05) is 29.5 Å². The second-order valence-electron chi connectivity index (χ2n) is 5.00. The van der Waals surface area contributed by atoms with E-state index in [-0.39, 0.29) is 5.91 Å². The van der Waals surface area contributed by atoms with E-state index in [1.54, 1.807) is 22.7 Å². The van der Waals surface area contributed by atoms with Crippen molar-refractivity contribution < 1.29 is 4.79 Å². The fraction of sp³-hybridized carbons (Fsp3) is 0.250. The van der Waals surface area contributed by atoms with Crippen LogP contribution in [0.15, 0.2) is 41.8 Å². The Hall–Kier alpha value is -1.92. The van der Waals surface area contributed by atoms with Gasteiger partial charge in [0.25, 0.3) is 0 Å². The molecule has 1 amide bonds. The normalized spacial score (nSPS) is 10.8. The fourth-order valence-electron chi connectivity index (χ4n) is 2.14. The zero-order valence-electron chi connectivity index (χ0n) is 12.3. The molecule has 1 N–H and O–H groups in total. The Morgan fingerprint density at radius 1 is 1.27 bits per heavy atom. The minimum Gasteiger partial charge on any atom is -0.354 e. The van der Waals surface area contributed by atoms with Gasteiger partial charge in [-0.25, -0.2) is 4.98 Å². The molecule has 0 saturated carbocycles. The summed E-state index contributed by atoms with van der Waals surface area (Å²) in [5, 5.41) is 5.88. The Balaban J connectivity index is 1.52. The lowest BCUT2D eigenvalue weighted by atomic mass is 10.3. The average Bonchev–Trinajstić information content (AvgIpc) is 3.16. The van der Waals surface area contributed by atoms with Gasteiger partial charge < -0.3 is 10.2 Å². The molecule has 2 heterocycles. The molecule has 0 bridgehead atoms. The Morgan fingerprint density at radius 3 is 2.91 bits per heavy atom. The molecule has 3 rings (SSSR count). The molecular formula is C16H17N3OS2. The number of likely N-dealkylation sites (N-methyl/N-ethyl adjacent to an activating group) is 1. The maximum absolute atomic E-state index is 12.0. The number of hydrogen-bond donors (Lipinski definition) is 1. The number of amides is 1. The van der Waals surface area contributed by atoms with Crippen molar-refractivity contribution in [1.29, 1.82) is 0 Å². The highest BCUT2D eigenvalue weighted by Crippen LogP contribution is 2.27. The van der Waals surface area contributed by atoms with Gasteiger partial charge in [-0.2, -0.15) is 0 Å². The highest BCUT2D eigenvalue weighted by atomic mass is 32.1. The molecule has 1 aromatic carbocycles. The van der Waals surface area contributed by atoms with Crippen molar-refractivity contribution in [2.24, 2.45) is 0 Å². The number of aromatic nitrogens is 1. The number of carbonyl (C=O) groups excluding carboxylic acids is 1. The summed E-state index contributed by atoms with van der Waals surface area (Å²) in [6, 6.07) is 12.1. The second-order valence-corrected chi connectivity index (χ2v) is 7.04. The SMILES string of the molecule is CN(CC(=O)NCCc1cccs1)c1nc2ccccc2s1. The number of hydrogen-bond acceptors (Lipinski definition) is 5. The fourth-order valence-corrected chi connectivity index (χ4v) is 3.78. The van der Waals surface area contributed by atoms with Crippen molar-refractivity contribution in [3.8, 4) is 0 Å². The number of anilines is 1. The Bertz CT molecular complexity index is 719. The molecule has 2 aromatic heterocycles. The maximum Gasteiger partial charge on any atom is 0.239 e. The number of thiophene rings is 1. The van der Waals surface area contributed by atoms with Crippen LogP contribution in [0.5, 0.6) is 0 Å². The third kappa shape index (κ3) is 3.64. The van der Waals surface area contributed by atoms with Gasteiger partial charge in [-0.3, -0.25) is 4.79 Å². The first-order valence-corrected chi connectivity index (χ1v) is 8.78. The number of rotatable bonds is 6. The third-order valence-corrected chi connectivity index (χ3v) is 5.35. The summed E-state index contributed by atoms with van der Waals surface area (Å²) in [4.78, 5) is 19.7. The van der Waals surface area contributed by atoms with Gasteiger partial charge in [0.1, 0.15) is 0 Å². The van der Waals surface area contributed by atoms with Crippen LogP contribution in [0.25, 0.3) is 10.2 Å². The summed E-state index contributed by atoms with van der Waals surface area (Å²) in [7, 11) is 1.90. The first-order chi connectivity index (χ1) is 10.7. The van der Waals surface area contributed by atoms with Crippen LogP contribution in [-0.4, -0.2) is 31.0 Å². The molecule has 0 aliphatic rings. The van der Waals surface area contributed by atoms with Crippen LogP contribution in [0.3, 0.4) is 0 Å². The van der Waals surface area contributed by atoms with E-state index in [1.807, 2.05) is 42.3 Å². The van der Waals surface area contributed by atoms with Gasteiger partial charge in [-0.15, -0.1) is 11.3 Å². The van der Waals surface area contributed by atoms with Gasteiger partial charge in [-0.05, 0) is 30.0 Å². The van der Waals surface area contributed by atoms with Gasteiger partial charge in [0.15, 0.2) is 5.13 Å². The molecule has 0 atom stereocenters. The van der Waals surface area contributed by atoms with Crippen LogP contribution in [-0.2, 0) is 11.2 Å². The Labute approximate surface area is 137 Å². The van der Waals surface area contributed by atoms with Crippen LogP contribution in [0.1, 0.15) is 4.88 Å². The highest BCUT2D eigenvalue weighted by Gasteiger charge is 2.11. The number of benzene rings is 1. The van der Waals surface area contributed by atoms with Crippen molar-refractivity contribution in [1.82, 2.24) is 10.3 Å². The quantitative estimate of drug-likeness (QED) is 0.755. The lowest BCUT2D eigenvalue weighted by Crippen LogP contribution is -2.36. The number of fused-ring (bicyclic) bond motifs is 1. The molecule has 0 fully saturated rings. The van der Waals surface area contributed by atoms with E-state index in [9.17, 15) is 4.79 Å². The predicted octanol–water partition coefficient (Wildman–Crippen LogP) is 3.15. The van der Waals surface area contributed by atoms with Gasteiger partial charge >= 0.3 is 0 Å². The zero-order valence-corrected chi connectivity index (χ0v) is 13.9. The summed E-state index contributed by atoms with van der Waals surface area (Å²) in [5.74, 6) is 0.0262. The number of nitrogens with one attached hydrogen (secondary N) is 1. The van der Waals surface area contributed by atoms with E-state index in [4.69, 9.17) is 0 Å². The van der Waals surface area contributed by atoms with Gasteiger partial charge in [0, 0.05) is 18.5 Å². The molecule has 3 aromatic rings. The minimum atomic E-state index is 0.0262. The molecule has 0 spiro atoms. The molecule has 0 unspecified atom stereocenters. The number of thiazole rings is 1. The zero-order chi connectivity index (χ0) is 15.4. The molecule has 0 saturated heterocycles. The predicted molar refractivity (Wildman–Crippen MR) is 93.9 cm³/mol. The monoisotopic (exact) mass is 331 g/mol. The molecule has 4 nitrogen and oxygen atoms in total. The molecule has 0 aliphatic carbocycles. The summed E-state index contributed by atoms with van der Waals surface area (Å²) < 4.78 is 1.14. The number of para-hydroxylation sites is 1. The molecule has 22 heavy (non-hydrogen) atoms. The van der Waals surface area contributed by atoms with Crippen LogP contribution in [0.2, 0.25) is 0 Å². The van der Waals surface area contributed by atoms with E-state index in [0.717, 1.165) is 21.8 Å². The summed E-state index contributed by atoms with van der Waals surface area (Å²) in [5.41, 5.74) is 0.979. The van der Waals surface area contributed by atoms with E-state index < -0.39 is 0 Å². The van der Waals surface area contributed by atoms with Crippen molar-refractivity contribution in [2.75, 3.05) is 25.0 Å². The van der Waals surface area contributed by atoms with Crippen molar-refractivity contribution in [3.63, 3.8) is 0 Å². The minimum absolute atomic E-state index is 0.0262. The van der Waals surface area contributed by atoms with Crippen LogP contribution in [0.4, 0.5) is 5.13 Å². The lowest BCUT2D eigenvalue weighted by Gasteiger charge is -2.15. The van der Waals surface area contributed by atoms with E-state index in [2.05, 4.69) is 21.7 Å². The Kier molecular flexibility index (Phi) is 4.70. The summed E-state index contributed by atoms with van der Waals surface area (Å²) in [6.45, 7) is 0.997. The van der Waals surface area contributed by atoms with E-state index >= 15 is 0 Å². The molecule has 6 heteroatoms. The molecule has 0 radical (unpaired) electrons. The highest BCUT2D eigenvalue weighted by molar-refractivity contribution is 7.22. The smallest absolute Gasteiger partial charge is 0.239 e. The number of carbonyl (C=O) groups is 1. The average molecular weight is 331 g/mol. The lowest BCUT2D eigenvalue weighted by molar-refractivity contribution is -0.119. The van der Waals surface area contributed by atoms with Crippen LogP contribution < -0.4 is 10.2 Å². The summed E-state index contributed by atoms with van der Waals surface area (Å²) in [6.07, 6.45) is 0.883. The van der Waals surface area contributed by atoms with Crippen molar-refractivity contribution >= 4 is 43.9 Å². The van der Waals surface area contributed by atoms with Crippen molar-refractivity contribution in [2.45, 2.75) is 6.42 Å². The van der Waals surface area contributed by atoms with Gasteiger partial charge in [0.2, 0.25) is 5.91 Å². The molecule has 0 aliphatic heterocycles. The topological polar surface area (TPSA) is 45.2 Å². The first kappa shape index (κ1) is 15.0. The largest absolute Gasteiger partial charge is 0.354 e. The maximum atomic E-state index is 12.0. The summed E-state index contributed by atoms with van der Waals surface area (Å²) >= 11 is 3.32. The molecule has 114 valence electrons. The van der Waals surface area contributed by atoms with Crippen LogP contribution in [0, 0.1) is 0 Å². The third-order valence-electron chi connectivity index (χ3n) is 3.26. The van der Waals surface area contributed by atoms with Gasteiger partial charge in [0.05, 0.1) is 16.8 Å². The standard InChI is InChI=1S/C16H17N3OS2/c1-19(16-18-13-6-2-3-7-14(13)22-16)11-15(20)17-9-8-12-5-4-10-21-12/h2-7,10H,8-9,11H2,1H3,(H,17,20). The van der Waals surface area contributed by atoms with E-state index in [1.165, 1.54) is 4.88 Å². The van der Waals surface area contributed by atoms with Crippen LogP contribution >= 0.6 is 22.7 Å². The second kappa shape index (κ2) is 6.89. The first-order valence-electron chi connectivity index (χ1n) is 7.08. The Morgan fingerprint density at radius 2 is 2.14 bits per heavy atom. The van der Waals surface area contributed by atoms with E-state index in [0.29, 0.717) is 13.1 Å². The molecular weight excluding hydrogens is 314 g/mol. The number of nitrogens with zero attached hydrogens (tertiary/aromatic N) is 2.